The Kier molecular flexibility index (Phi) is 5.89. The number of piperidine rings is 1. The molecule has 0 saturated carbocycles. The van der Waals surface area contributed by atoms with Crippen LogP contribution in [0.4, 0.5) is 4.39 Å². The minimum absolute atomic E-state index is 0. The minimum atomic E-state index is -0.0850. The molecule has 1 aromatic carbocycles. The van der Waals surface area contributed by atoms with Gasteiger partial charge in [-0.25, -0.2) is 4.39 Å². The molecular formula is C13H20ClFN2. The van der Waals surface area contributed by atoms with Crippen LogP contribution in [-0.4, -0.2) is 31.1 Å². The van der Waals surface area contributed by atoms with Crippen molar-refractivity contribution < 1.29 is 4.39 Å². The number of halogens is 2. The highest BCUT2D eigenvalue weighted by molar-refractivity contribution is 5.85. The summed E-state index contributed by atoms with van der Waals surface area (Å²) < 4.78 is 13.4. The van der Waals surface area contributed by atoms with Gasteiger partial charge in [0.15, 0.2) is 0 Å². The largest absolute Gasteiger partial charge is 0.317 e. The van der Waals surface area contributed by atoms with E-state index in [1.54, 1.807) is 6.07 Å². The predicted octanol–water partition coefficient (Wildman–Crippen LogP) is 2.43. The van der Waals surface area contributed by atoms with Crippen LogP contribution in [0.2, 0.25) is 0 Å². The number of hydrogen-bond acceptors (Lipinski definition) is 2. The molecule has 0 bridgehead atoms. The Hall–Kier alpha value is -0.640. The van der Waals surface area contributed by atoms with Crippen molar-refractivity contribution in [1.82, 2.24) is 10.2 Å². The Bertz CT molecular complexity index is 338. The van der Waals surface area contributed by atoms with Crippen molar-refractivity contribution >= 4 is 12.4 Å². The van der Waals surface area contributed by atoms with Gasteiger partial charge in [-0.05, 0) is 39.0 Å². The van der Waals surface area contributed by atoms with E-state index in [-0.39, 0.29) is 18.2 Å². The highest BCUT2D eigenvalue weighted by Crippen LogP contribution is 2.15. The Labute approximate surface area is 109 Å². The van der Waals surface area contributed by atoms with E-state index in [9.17, 15) is 4.39 Å². The van der Waals surface area contributed by atoms with Crippen molar-refractivity contribution in [2.24, 2.45) is 0 Å². The maximum atomic E-state index is 13.4. The Morgan fingerprint density at radius 2 is 1.94 bits per heavy atom. The van der Waals surface area contributed by atoms with Crippen LogP contribution in [0.15, 0.2) is 24.3 Å². The molecule has 1 aliphatic heterocycles. The molecule has 1 heterocycles. The lowest BCUT2D eigenvalue weighted by molar-refractivity contribution is 0.192. The van der Waals surface area contributed by atoms with Gasteiger partial charge in [-0.1, -0.05) is 18.2 Å². The molecule has 1 saturated heterocycles. The van der Waals surface area contributed by atoms with Crippen molar-refractivity contribution in [3.63, 3.8) is 0 Å². The number of rotatable bonds is 3. The summed E-state index contributed by atoms with van der Waals surface area (Å²) in [7, 11) is 2.01. The highest BCUT2D eigenvalue weighted by Gasteiger charge is 2.18. The van der Waals surface area contributed by atoms with E-state index in [2.05, 4.69) is 10.2 Å². The first-order chi connectivity index (χ1) is 7.79. The second kappa shape index (κ2) is 6.94. The molecule has 96 valence electrons. The molecule has 1 N–H and O–H groups in total. The van der Waals surface area contributed by atoms with E-state index in [4.69, 9.17) is 0 Å². The van der Waals surface area contributed by atoms with Crippen molar-refractivity contribution in [2.75, 3.05) is 20.1 Å². The van der Waals surface area contributed by atoms with Crippen LogP contribution in [0.1, 0.15) is 18.4 Å². The van der Waals surface area contributed by atoms with Gasteiger partial charge in [0, 0.05) is 18.2 Å². The number of likely N-dealkylation sites (tertiary alicyclic amines) is 1. The van der Waals surface area contributed by atoms with Crippen molar-refractivity contribution in [1.29, 1.82) is 0 Å². The second-order valence-corrected chi connectivity index (χ2v) is 4.43. The van der Waals surface area contributed by atoms with Crippen LogP contribution in [0, 0.1) is 5.82 Å². The number of nitrogens with one attached hydrogen (secondary N) is 1. The normalized spacial score (nSPS) is 17.8. The summed E-state index contributed by atoms with van der Waals surface area (Å²) in [6, 6.07) is 7.69. The molecule has 0 atom stereocenters. The van der Waals surface area contributed by atoms with Crippen molar-refractivity contribution in [2.45, 2.75) is 25.4 Å². The fraction of sp³-hybridized carbons (Fsp3) is 0.538. The quantitative estimate of drug-likeness (QED) is 0.896. The van der Waals surface area contributed by atoms with Gasteiger partial charge in [0.2, 0.25) is 0 Å². The fourth-order valence-electron chi connectivity index (χ4n) is 2.25. The molecule has 1 aliphatic rings. The van der Waals surface area contributed by atoms with Crippen LogP contribution >= 0.6 is 12.4 Å². The molecule has 0 unspecified atom stereocenters. The summed E-state index contributed by atoms with van der Waals surface area (Å²) in [5, 5.41) is 3.30. The van der Waals surface area contributed by atoms with Crippen molar-refractivity contribution in [3.8, 4) is 0 Å². The van der Waals surface area contributed by atoms with E-state index in [0.717, 1.165) is 38.0 Å². The van der Waals surface area contributed by atoms with E-state index in [1.165, 1.54) is 6.07 Å². The average molecular weight is 259 g/mol. The van der Waals surface area contributed by atoms with Crippen LogP contribution in [0.25, 0.3) is 0 Å². The Morgan fingerprint density at radius 1 is 1.29 bits per heavy atom. The third kappa shape index (κ3) is 3.95. The second-order valence-electron chi connectivity index (χ2n) is 4.43. The zero-order valence-electron chi connectivity index (χ0n) is 10.2. The van der Waals surface area contributed by atoms with Gasteiger partial charge in [-0.15, -0.1) is 12.4 Å². The molecule has 0 aromatic heterocycles. The van der Waals surface area contributed by atoms with Crippen LogP contribution in [0.5, 0.6) is 0 Å². The van der Waals surface area contributed by atoms with Crippen molar-refractivity contribution in [3.05, 3.63) is 35.6 Å². The molecule has 2 rings (SSSR count). The maximum Gasteiger partial charge on any atom is 0.127 e. The average Bonchev–Trinajstić information content (AvgIpc) is 2.33. The molecule has 0 amide bonds. The first-order valence-electron chi connectivity index (χ1n) is 5.92. The van der Waals surface area contributed by atoms with Gasteiger partial charge < -0.3 is 5.32 Å². The van der Waals surface area contributed by atoms with E-state index in [1.807, 2.05) is 19.2 Å². The summed E-state index contributed by atoms with van der Waals surface area (Å²) in [4.78, 5) is 2.33. The molecule has 17 heavy (non-hydrogen) atoms. The molecule has 1 aromatic rings. The Morgan fingerprint density at radius 3 is 2.53 bits per heavy atom. The van der Waals surface area contributed by atoms with Gasteiger partial charge in [-0.3, -0.25) is 4.90 Å². The minimum Gasteiger partial charge on any atom is -0.317 e. The molecular weight excluding hydrogens is 239 g/mol. The molecule has 4 heteroatoms. The van der Waals surface area contributed by atoms with Crippen LogP contribution in [-0.2, 0) is 6.54 Å². The smallest absolute Gasteiger partial charge is 0.127 e. The molecule has 0 spiro atoms. The first kappa shape index (κ1) is 14.4. The van der Waals surface area contributed by atoms with Crippen LogP contribution < -0.4 is 5.32 Å². The summed E-state index contributed by atoms with van der Waals surface area (Å²) >= 11 is 0. The zero-order valence-corrected chi connectivity index (χ0v) is 11.0. The maximum absolute atomic E-state index is 13.4. The third-order valence-corrected chi connectivity index (χ3v) is 3.35. The third-order valence-electron chi connectivity index (χ3n) is 3.35. The lowest BCUT2D eigenvalue weighted by Crippen LogP contribution is -2.40. The highest BCUT2D eigenvalue weighted by atomic mass is 35.5. The van der Waals surface area contributed by atoms with Gasteiger partial charge in [0.05, 0.1) is 0 Å². The number of nitrogens with zero attached hydrogens (tertiary/aromatic N) is 1. The molecule has 1 fully saturated rings. The standard InChI is InChI=1S/C13H19FN2.ClH/c1-15-12-6-8-16(9-7-12)10-11-4-2-3-5-13(11)14;/h2-5,12,15H,6-10H2,1H3;1H. The fourth-order valence-corrected chi connectivity index (χ4v) is 2.25. The summed E-state index contributed by atoms with van der Waals surface area (Å²) in [6.45, 7) is 2.85. The lowest BCUT2D eigenvalue weighted by Gasteiger charge is -2.31. The monoisotopic (exact) mass is 258 g/mol. The van der Waals surface area contributed by atoms with Gasteiger partial charge >= 0.3 is 0 Å². The van der Waals surface area contributed by atoms with E-state index in [0.29, 0.717) is 6.04 Å². The zero-order chi connectivity index (χ0) is 11.4. The number of benzene rings is 1. The topological polar surface area (TPSA) is 15.3 Å². The van der Waals surface area contributed by atoms with Gasteiger partial charge in [0.25, 0.3) is 0 Å². The van der Waals surface area contributed by atoms with Gasteiger partial charge in [-0.2, -0.15) is 0 Å². The SMILES string of the molecule is CNC1CCN(Cc2ccccc2F)CC1.Cl. The molecule has 0 radical (unpaired) electrons. The summed E-state index contributed by atoms with van der Waals surface area (Å²) in [5.41, 5.74) is 0.811. The molecule has 0 aliphatic carbocycles. The lowest BCUT2D eigenvalue weighted by atomic mass is 10.0. The van der Waals surface area contributed by atoms with Gasteiger partial charge in [0.1, 0.15) is 5.82 Å². The van der Waals surface area contributed by atoms with Crippen LogP contribution in [0.3, 0.4) is 0 Å². The number of hydrogen-bond donors (Lipinski definition) is 1. The van der Waals surface area contributed by atoms with E-state index < -0.39 is 0 Å². The summed E-state index contributed by atoms with van der Waals surface area (Å²) in [6.07, 6.45) is 2.32. The first-order valence-corrected chi connectivity index (χ1v) is 5.92. The van der Waals surface area contributed by atoms with E-state index >= 15 is 0 Å². The Balaban J connectivity index is 0.00000144. The summed E-state index contributed by atoms with van der Waals surface area (Å²) in [5.74, 6) is -0.0850. The molecule has 2 nitrogen and oxygen atoms in total. The predicted molar refractivity (Wildman–Crippen MR) is 71.0 cm³/mol.